The van der Waals surface area contributed by atoms with Crippen LogP contribution in [0.5, 0.6) is 0 Å². The van der Waals surface area contributed by atoms with Crippen molar-refractivity contribution in [2.75, 3.05) is 0 Å². The van der Waals surface area contributed by atoms with Gasteiger partial charge in [0.15, 0.2) is 5.58 Å². The maximum atomic E-state index is 6.52. The van der Waals surface area contributed by atoms with Crippen molar-refractivity contribution in [3.8, 4) is 56.0 Å². The van der Waals surface area contributed by atoms with Crippen molar-refractivity contribution >= 4 is 54.2 Å². The van der Waals surface area contributed by atoms with Gasteiger partial charge in [-0.05, 0) is 106 Å². The van der Waals surface area contributed by atoms with E-state index in [0.29, 0.717) is 5.89 Å². The van der Waals surface area contributed by atoms with E-state index in [4.69, 9.17) is 9.40 Å². The standard InChI is InChI=1S/C47H27NO/c1-2-9-30(10-3-1)47-48-43-26-21-29-19-17-28-18-20-31(27-42(28)44(29)46(43)49-47)32-22-23-37(34-12-5-4-11-33(32)34)38-24-25-41-36-14-7-6-13-35(36)39-15-8-16-40(38)45(39)41/h1-27H. The van der Waals surface area contributed by atoms with Crippen molar-refractivity contribution in [3.05, 3.63) is 164 Å². The molecule has 0 N–H and O–H groups in total. The first-order chi connectivity index (χ1) is 24.3. The Morgan fingerprint density at radius 3 is 1.78 bits per heavy atom. The Morgan fingerprint density at radius 2 is 0.939 bits per heavy atom. The predicted molar refractivity (Wildman–Crippen MR) is 205 cm³/mol. The van der Waals surface area contributed by atoms with E-state index in [-0.39, 0.29) is 0 Å². The second-order valence-corrected chi connectivity index (χ2v) is 13.0. The Kier molecular flexibility index (Phi) is 5.42. The molecule has 0 fully saturated rings. The summed E-state index contributed by atoms with van der Waals surface area (Å²) in [5.74, 6) is 0.643. The molecule has 1 aliphatic rings. The number of rotatable bonds is 3. The largest absolute Gasteiger partial charge is 0.435 e. The molecule has 0 unspecified atom stereocenters. The first kappa shape index (κ1) is 26.5. The van der Waals surface area contributed by atoms with E-state index >= 15 is 0 Å². The summed E-state index contributed by atoms with van der Waals surface area (Å²) in [5, 5.41) is 9.72. The lowest BCUT2D eigenvalue weighted by Gasteiger charge is -2.15. The molecule has 1 heterocycles. The summed E-state index contributed by atoms with van der Waals surface area (Å²) in [5.41, 5.74) is 12.9. The van der Waals surface area contributed by atoms with Crippen LogP contribution < -0.4 is 0 Å². The van der Waals surface area contributed by atoms with E-state index < -0.39 is 0 Å². The molecule has 2 heteroatoms. The molecule has 49 heavy (non-hydrogen) atoms. The van der Waals surface area contributed by atoms with Crippen LogP contribution in [0.1, 0.15) is 0 Å². The SMILES string of the molecule is c1ccc(-c2nc3ccc4ccc5ccc(-c6ccc(-c7ccc8c9c(cccc79)-c7ccccc7-8)c7ccccc67)cc5c4c3o2)cc1. The van der Waals surface area contributed by atoms with Crippen LogP contribution >= 0.6 is 0 Å². The molecule has 10 aromatic rings. The number of nitrogens with zero attached hydrogens (tertiary/aromatic N) is 1. The van der Waals surface area contributed by atoms with Gasteiger partial charge in [0.25, 0.3) is 0 Å². The number of hydrogen-bond donors (Lipinski definition) is 0. The van der Waals surface area contributed by atoms with Gasteiger partial charge in [-0.2, -0.15) is 0 Å². The van der Waals surface area contributed by atoms with Crippen LogP contribution in [0.15, 0.2) is 168 Å². The van der Waals surface area contributed by atoms with E-state index in [2.05, 4.69) is 133 Å². The lowest BCUT2D eigenvalue weighted by Crippen LogP contribution is -1.89. The molecule has 0 atom stereocenters. The van der Waals surface area contributed by atoms with Gasteiger partial charge in [-0.15, -0.1) is 0 Å². The Morgan fingerprint density at radius 1 is 0.347 bits per heavy atom. The minimum absolute atomic E-state index is 0.643. The molecular weight excluding hydrogens is 595 g/mol. The van der Waals surface area contributed by atoms with Crippen LogP contribution in [0.3, 0.4) is 0 Å². The molecule has 0 saturated heterocycles. The van der Waals surface area contributed by atoms with Crippen molar-refractivity contribution < 1.29 is 4.42 Å². The fourth-order valence-electron chi connectivity index (χ4n) is 8.22. The van der Waals surface area contributed by atoms with Crippen molar-refractivity contribution in [1.82, 2.24) is 4.98 Å². The van der Waals surface area contributed by atoms with Gasteiger partial charge in [-0.1, -0.05) is 140 Å². The predicted octanol–water partition coefficient (Wildman–Crippen LogP) is 13.1. The van der Waals surface area contributed by atoms with Crippen LogP contribution in [0, 0.1) is 0 Å². The molecular formula is C47H27NO. The van der Waals surface area contributed by atoms with Gasteiger partial charge >= 0.3 is 0 Å². The maximum absolute atomic E-state index is 6.52. The van der Waals surface area contributed by atoms with Gasteiger partial charge in [-0.3, -0.25) is 0 Å². The Labute approximate surface area is 282 Å². The van der Waals surface area contributed by atoms with E-state index in [1.807, 2.05) is 30.3 Å². The van der Waals surface area contributed by atoms with Gasteiger partial charge in [0, 0.05) is 10.9 Å². The summed E-state index contributed by atoms with van der Waals surface area (Å²) >= 11 is 0. The van der Waals surface area contributed by atoms with Crippen molar-refractivity contribution in [2.24, 2.45) is 0 Å². The molecule has 2 nitrogen and oxygen atoms in total. The minimum atomic E-state index is 0.643. The first-order valence-electron chi connectivity index (χ1n) is 16.8. The first-order valence-corrected chi connectivity index (χ1v) is 16.8. The molecule has 1 aliphatic carbocycles. The lowest BCUT2D eigenvalue weighted by atomic mass is 9.88. The summed E-state index contributed by atoms with van der Waals surface area (Å²) in [4.78, 5) is 4.88. The van der Waals surface area contributed by atoms with Crippen LogP contribution in [0.4, 0.5) is 0 Å². The molecule has 0 radical (unpaired) electrons. The molecule has 0 spiro atoms. The van der Waals surface area contributed by atoms with Gasteiger partial charge in [0.05, 0.1) is 0 Å². The van der Waals surface area contributed by atoms with Crippen LogP contribution in [0.25, 0.3) is 110 Å². The second-order valence-electron chi connectivity index (χ2n) is 13.0. The number of benzene rings is 9. The summed E-state index contributed by atoms with van der Waals surface area (Å²) in [7, 11) is 0. The molecule has 1 aromatic heterocycles. The quantitative estimate of drug-likeness (QED) is 0.183. The third kappa shape index (κ3) is 3.80. The number of aromatic nitrogens is 1. The van der Waals surface area contributed by atoms with E-state index in [0.717, 1.165) is 32.8 Å². The maximum Gasteiger partial charge on any atom is 0.227 e. The third-order valence-corrected chi connectivity index (χ3v) is 10.4. The molecule has 0 bridgehead atoms. The fourth-order valence-corrected chi connectivity index (χ4v) is 8.22. The highest BCUT2D eigenvalue weighted by molar-refractivity contribution is 6.21. The Bertz CT molecular complexity index is 2960. The fraction of sp³-hybridized carbons (Fsp3) is 0. The highest BCUT2D eigenvalue weighted by Gasteiger charge is 2.23. The van der Waals surface area contributed by atoms with E-state index in [9.17, 15) is 0 Å². The van der Waals surface area contributed by atoms with Gasteiger partial charge < -0.3 is 4.42 Å². The molecule has 0 saturated carbocycles. The summed E-state index contributed by atoms with van der Waals surface area (Å²) in [6.07, 6.45) is 0. The van der Waals surface area contributed by atoms with Gasteiger partial charge in [-0.25, -0.2) is 4.98 Å². The zero-order valence-electron chi connectivity index (χ0n) is 26.4. The second kappa shape index (κ2) is 10.00. The van der Waals surface area contributed by atoms with Crippen molar-refractivity contribution in [3.63, 3.8) is 0 Å². The van der Waals surface area contributed by atoms with Gasteiger partial charge in [0.2, 0.25) is 5.89 Å². The average Bonchev–Trinajstić information content (AvgIpc) is 3.76. The zero-order chi connectivity index (χ0) is 32.1. The lowest BCUT2D eigenvalue weighted by molar-refractivity contribution is 0.623. The van der Waals surface area contributed by atoms with E-state index in [1.54, 1.807) is 0 Å². The number of oxazole rings is 1. The number of hydrogen-bond acceptors (Lipinski definition) is 2. The molecule has 0 amide bonds. The summed E-state index contributed by atoms with van der Waals surface area (Å²) in [6, 6.07) is 59.2. The highest BCUT2D eigenvalue weighted by Crippen LogP contribution is 2.50. The van der Waals surface area contributed by atoms with Crippen LogP contribution in [0.2, 0.25) is 0 Å². The average molecular weight is 622 g/mol. The molecule has 226 valence electrons. The van der Waals surface area contributed by atoms with Crippen molar-refractivity contribution in [1.29, 1.82) is 0 Å². The Balaban J connectivity index is 1.11. The molecule has 0 aliphatic heterocycles. The molecule has 9 aromatic carbocycles. The normalized spacial score (nSPS) is 12.1. The zero-order valence-corrected chi connectivity index (χ0v) is 26.4. The number of fused-ring (bicyclic) bond motifs is 9. The third-order valence-electron chi connectivity index (χ3n) is 10.4. The smallest absolute Gasteiger partial charge is 0.227 e. The topological polar surface area (TPSA) is 26.0 Å². The van der Waals surface area contributed by atoms with Crippen LogP contribution in [-0.4, -0.2) is 4.98 Å². The van der Waals surface area contributed by atoms with Gasteiger partial charge in [0.1, 0.15) is 5.52 Å². The molecule has 11 rings (SSSR count). The van der Waals surface area contributed by atoms with Crippen LogP contribution in [-0.2, 0) is 0 Å². The highest BCUT2D eigenvalue weighted by atomic mass is 16.3. The van der Waals surface area contributed by atoms with Crippen molar-refractivity contribution in [2.45, 2.75) is 0 Å². The summed E-state index contributed by atoms with van der Waals surface area (Å²) in [6.45, 7) is 0. The Hall–Kier alpha value is -6.51. The van der Waals surface area contributed by atoms with E-state index in [1.165, 1.54) is 71.4 Å². The summed E-state index contributed by atoms with van der Waals surface area (Å²) < 4.78 is 6.52. The minimum Gasteiger partial charge on any atom is -0.435 e. The monoisotopic (exact) mass is 621 g/mol.